The number of aryl methyl sites for hydroxylation is 1. The summed E-state index contributed by atoms with van der Waals surface area (Å²) < 4.78 is 1.99. The summed E-state index contributed by atoms with van der Waals surface area (Å²) in [7, 11) is 0. The number of carbonyl (C=O) groups is 1. The van der Waals surface area contributed by atoms with E-state index in [9.17, 15) is 4.79 Å². The number of amides is 1. The third-order valence-electron chi connectivity index (χ3n) is 3.41. The van der Waals surface area contributed by atoms with Crippen molar-refractivity contribution < 1.29 is 4.79 Å². The number of anilines is 1. The predicted molar refractivity (Wildman–Crippen MR) is 112 cm³/mol. The Kier molecular flexibility index (Phi) is 7.08. The minimum absolute atomic E-state index is 0.109. The van der Waals surface area contributed by atoms with E-state index in [-0.39, 0.29) is 11.7 Å². The molecule has 0 radical (unpaired) electrons. The normalized spacial score (nSPS) is 10.7. The van der Waals surface area contributed by atoms with Crippen molar-refractivity contribution in [1.82, 2.24) is 19.7 Å². The molecule has 2 aromatic heterocycles. The van der Waals surface area contributed by atoms with Crippen LogP contribution in [0.1, 0.15) is 11.5 Å². The van der Waals surface area contributed by atoms with Crippen molar-refractivity contribution in [2.75, 3.05) is 11.1 Å². The zero-order chi connectivity index (χ0) is 19.1. The summed E-state index contributed by atoms with van der Waals surface area (Å²) in [6, 6.07) is 10.2. The second kappa shape index (κ2) is 9.72. The first-order valence-electron chi connectivity index (χ1n) is 8.21. The Balaban J connectivity index is 1.60. The molecule has 0 saturated carbocycles. The van der Waals surface area contributed by atoms with Crippen molar-refractivity contribution in [3.05, 3.63) is 59.9 Å². The van der Waals surface area contributed by atoms with Gasteiger partial charge in [-0.3, -0.25) is 4.79 Å². The standard InChI is InChI=1S/C18H19N5OS3/c1-3-9-23-15(11-25-14-7-5-4-6-8-14)21-22-18(23)27-12-16(24)20-17-19-13(2)10-26-17/h3-8,10H,1,9,11-12H2,2H3,(H,19,20,24). The van der Waals surface area contributed by atoms with E-state index in [1.165, 1.54) is 28.0 Å². The third-order valence-corrected chi connectivity index (χ3v) is 6.26. The summed E-state index contributed by atoms with van der Waals surface area (Å²) in [6.45, 7) is 6.31. The van der Waals surface area contributed by atoms with Gasteiger partial charge in [0.2, 0.25) is 5.91 Å². The summed E-state index contributed by atoms with van der Waals surface area (Å²) >= 11 is 4.48. The maximum atomic E-state index is 12.1. The largest absolute Gasteiger partial charge is 0.301 e. The molecule has 3 rings (SSSR count). The lowest BCUT2D eigenvalue weighted by Gasteiger charge is -2.07. The third kappa shape index (κ3) is 5.69. The maximum Gasteiger partial charge on any atom is 0.236 e. The van der Waals surface area contributed by atoms with Crippen LogP contribution in [-0.4, -0.2) is 31.4 Å². The number of nitrogens with one attached hydrogen (secondary N) is 1. The van der Waals surface area contributed by atoms with Gasteiger partial charge in [0.15, 0.2) is 10.3 Å². The molecule has 0 bridgehead atoms. The van der Waals surface area contributed by atoms with E-state index in [1.807, 2.05) is 41.1 Å². The van der Waals surface area contributed by atoms with Gasteiger partial charge in [-0.15, -0.1) is 39.9 Å². The Morgan fingerprint density at radius 3 is 2.81 bits per heavy atom. The Morgan fingerprint density at radius 2 is 2.11 bits per heavy atom. The molecule has 6 nitrogen and oxygen atoms in total. The minimum atomic E-state index is -0.109. The van der Waals surface area contributed by atoms with Gasteiger partial charge in [-0.05, 0) is 19.1 Å². The van der Waals surface area contributed by atoms with Gasteiger partial charge < -0.3 is 9.88 Å². The van der Waals surface area contributed by atoms with Crippen LogP contribution in [-0.2, 0) is 17.1 Å². The van der Waals surface area contributed by atoms with Crippen LogP contribution >= 0.6 is 34.9 Å². The van der Waals surface area contributed by atoms with Crippen molar-refractivity contribution in [1.29, 1.82) is 0 Å². The highest BCUT2D eigenvalue weighted by Gasteiger charge is 2.14. The second-order valence-electron chi connectivity index (χ2n) is 5.53. The number of aromatic nitrogens is 4. The van der Waals surface area contributed by atoms with Gasteiger partial charge in [-0.1, -0.05) is 36.0 Å². The molecule has 140 valence electrons. The van der Waals surface area contributed by atoms with Gasteiger partial charge in [0.05, 0.1) is 17.2 Å². The van der Waals surface area contributed by atoms with Gasteiger partial charge in [-0.2, -0.15) is 0 Å². The second-order valence-corrected chi connectivity index (χ2v) is 8.38. The number of hydrogen-bond donors (Lipinski definition) is 1. The molecule has 3 aromatic rings. The van der Waals surface area contributed by atoms with Crippen molar-refractivity contribution in [2.24, 2.45) is 0 Å². The summed E-state index contributed by atoms with van der Waals surface area (Å²) in [5.74, 6) is 1.71. The molecule has 0 aliphatic rings. The van der Waals surface area contributed by atoms with Crippen molar-refractivity contribution >= 4 is 45.9 Å². The van der Waals surface area contributed by atoms with Crippen LogP contribution < -0.4 is 5.32 Å². The monoisotopic (exact) mass is 417 g/mol. The lowest BCUT2D eigenvalue weighted by Crippen LogP contribution is -2.14. The number of benzene rings is 1. The topological polar surface area (TPSA) is 72.7 Å². The molecular weight excluding hydrogens is 398 g/mol. The molecule has 0 aliphatic heterocycles. The van der Waals surface area contributed by atoms with Gasteiger partial charge in [0, 0.05) is 16.8 Å². The summed E-state index contributed by atoms with van der Waals surface area (Å²) in [6.07, 6.45) is 1.81. The average Bonchev–Trinajstić information content (AvgIpc) is 3.25. The lowest BCUT2D eigenvalue weighted by molar-refractivity contribution is -0.113. The molecule has 27 heavy (non-hydrogen) atoms. The first kappa shape index (κ1) is 19.7. The quantitative estimate of drug-likeness (QED) is 0.414. The Hall–Kier alpha value is -2.10. The average molecular weight is 418 g/mol. The summed E-state index contributed by atoms with van der Waals surface area (Å²) in [4.78, 5) is 17.6. The number of rotatable bonds is 9. The Bertz CT molecular complexity index is 907. The summed E-state index contributed by atoms with van der Waals surface area (Å²) in [5.41, 5.74) is 0.897. The number of carbonyl (C=O) groups excluding carboxylic acids is 1. The Labute approximate surface area is 170 Å². The number of hydrogen-bond acceptors (Lipinski definition) is 7. The molecule has 0 fully saturated rings. The molecule has 1 N–H and O–H groups in total. The van der Waals surface area contributed by atoms with Crippen LogP contribution in [0.5, 0.6) is 0 Å². The van der Waals surface area contributed by atoms with E-state index in [2.05, 4.69) is 39.2 Å². The molecule has 1 aromatic carbocycles. The smallest absolute Gasteiger partial charge is 0.236 e. The molecule has 2 heterocycles. The SMILES string of the molecule is C=CCn1c(CSc2ccccc2)nnc1SCC(=O)Nc1nc(C)cs1. The highest BCUT2D eigenvalue weighted by molar-refractivity contribution is 7.99. The molecular formula is C18H19N5OS3. The molecule has 9 heteroatoms. The molecule has 1 amide bonds. The predicted octanol–water partition coefficient (Wildman–Crippen LogP) is 4.25. The zero-order valence-corrected chi connectivity index (χ0v) is 17.2. The zero-order valence-electron chi connectivity index (χ0n) is 14.8. The van der Waals surface area contributed by atoms with E-state index < -0.39 is 0 Å². The van der Waals surface area contributed by atoms with Crippen LogP contribution in [0.15, 0.2) is 58.4 Å². The number of thioether (sulfide) groups is 2. The van der Waals surface area contributed by atoms with Crippen LogP contribution in [0.4, 0.5) is 5.13 Å². The van der Waals surface area contributed by atoms with Gasteiger partial charge >= 0.3 is 0 Å². The fraction of sp³-hybridized carbons (Fsp3) is 0.222. The minimum Gasteiger partial charge on any atom is -0.301 e. The number of thiazole rings is 1. The maximum absolute atomic E-state index is 12.1. The molecule has 0 aliphatic carbocycles. The molecule has 0 unspecified atom stereocenters. The number of nitrogens with zero attached hydrogens (tertiary/aromatic N) is 4. The van der Waals surface area contributed by atoms with Crippen molar-refractivity contribution in [3.8, 4) is 0 Å². The van der Waals surface area contributed by atoms with E-state index in [4.69, 9.17) is 0 Å². The van der Waals surface area contributed by atoms with E-state index >= 15 is 0 Å². The number of allylic oxidation sites excluding steroid dienone is 1. The highest BCUT2D eigenvalue weighted by Crippen LogP contribution is 2.24. The van der Waals surface area contributed by atoms with Crippen molar-refractivity contribution in [2.45, 2.75) is 29.3 Å². The fourth-order valence-electron chi connectivity index (χ4n) is 2.21. The van der Waals surface area contributed by atoms with E-state index in [0.717, 1.165) is 11.5 Å². The van der Waals surface area contributed by atoms with Gasteiger partial charge in [0.25, 0.3) is 0 Å². The van der Waals surface area contributed by atoms with Gasteiger partial charge in [0.1, 0.15) is 5.82 Å². The van der Waals surface area contributed by atoms with Crippen molar-refractivity contribution in [3.63, 3.8) is 0 Å². The summed E-state index contributed by atoms with van der Waals surface area (Å²) in [5, 5.41) is 14.6. The van der Waals surface area contributed by atoms with Crippen LogP contribution in [0.25, 0.3) is 0 Å². The Morgan fingerprint density at radius 1 is 1.30 bits per heavy atom. The first-order valence-corrected chi connectivity index (χ1v) is 11.1. The fourth-order valence-corrected chi connectivity index (χ4v) is 4.54. The lowest BCUT2D eigenvalue weighted by atomic mass is 10.4. The molecule has 0 spiro atoms. The molecule has 0 atom stereocenters. The van der Waals surface area contributed by atoms with Gasteiger partial charge in [-0.25, -0.2) is 4.98 Å². The van der Waals surface area contributed by atoms with Crippen LogP contribution in [0.3, 0.4) is 0 Å². The van der Waals surface area contributed by atoms with E-state index in [0.29, 0.717) is 22.6 Å². The highest BCUT2D eigenvalue weighted by atomic mass is 32.2. The molecule has 0 saturated heterocycles. The van der Waals surface area contributed by atoms with Crippen LogP contribution in [0, 0.1) is 6.92 Å². The van der Waals surface area contributed by atoms with Crippen LogP contribution in [0.2, 0.25) is 0 Å². The first-order chi connectivity index (χ1) is 13.2. The van der Waals surface area contributed by atoms with E-state index in [1.54, 1.807) is 11.8 Å².